The Kier molecular flexibility index (Phi) is 4.40. The number of benzene rings is 1. The standard InChI is InChI=1S/C16H18FN3O3S/c1-12(19-10-13(9-16(19)21)11-24(17,22)23)14-5-2-3-6-15(14)20-8-4-7-18-20/h2-8,12-13H,9-11H2,1H3. The van der Waals surface area contributed by atoms with Crippen molar-refractivity contribution in [1.29, 1.82) is 0 Å². The summed E-state index contributed by atoms with van der Waals surface area (Å²) in [5.41, 5.74) is 1.75. The van der Waals surface area contributed by atoms with Gasteiger partial charge in [0.2, 0.25) is 5.91 Å². The third kappa shape index (κ3) is 3.48. The Bertz CT molecular complexity index is 836. The van der Waals surface area contributed by atoms with Crippen LogP contribution < -0.4 is 0 Å². The average molecular weight is 351 g/mol. The van der Waals surface area contributed by atoms with Gasteiger partial charge >= 0.3 is 10.2 Å². The molecule has 1 aliphatic rings. The van der Waals surface area contributed by atoms with Gasteiger partial charge in [0.15, 0.2) is 0 Å². The maximum Gasteiger partial charge on any atom is 0.302 e. The Morgan fingerprint density at radius 3 is 2.75 bits per heavy atom. The van der Waals surface area contributed by atoms with E-state index in [1.165, 1.54) is 0 Å². The van der Waals surface area contributed by atoms with E-state index in [9.17, 15) is 17.1 Å². The summed E-state index contributed by atoms with van der Waals surface area (Å²) in [5.74, 6) is -1.28. The zero-order chi connectivity index (χ0) is 17.3. The summed E-state index contributed by atoms with van der Waals surface area (Å²) < 4.78 is 36.3. The van der Waals surface area contributed by atoms with Gasteiger partial charge in [0, 0.05) is 36.8 Å². The summed E-state index contributed by atoms with van der Waals surface area (Å²) in [4.78, 5) is 13.9. The lowest BCUT2D eigenvalue weighted by Crippen LogP contribution is -2.29. The predicted octanol–water partition coefficient (Wildman–Crippen LogP) is 2.08. The van der Waals surface area contributed by atoms with Crippen molar-refractivity contribution in [2.75, 3.05) is 12.3 Å². The van der Waals surface area contributed by atoms with E-state index in [-0.39, 0.29) is 24.9 Å². The summed E-state index contributed by atoms with van der Waals surface area (Å²) in [6, 6.07) is 9.13. The van der Waals surface area contributed by atoms with Gasteiger partial charge in [-0.25, -0.2) is 4.68 Å². The van der Waals surface area contributed by atoms with Crippen LogP contribution in [0, 0.1) is 5.92 Å². The maximum absolute atomic E-state index is 12.9. The SMILES string of the molecule is CC(c1ccccc1-n1cccn1)N1CC(CS(=O)(=O)F)CC1=O. The van der Waals surface area contributed by atoms with Crippen LogP contribution in [0.1, 0.15) is 24.9 Å². The first-order valence-electron chi connectivity index (χ1n) is 7.66. The van der Waals surface area contributed by atoms with Gasteiger partial charge in [0.1, 0.15) is 0 Å². The second kappa shape index (κ2) is 6.35. The number of likely N-dealkylation sites (tertiary alicyclic amines) is 1. The highest BCUT2D eigenvalue weighted by molar-refractivity contribution is 7.86. The molecule has 1 aromatic heterocycles. The Labute approximate surface area is 140 Å². The number of carbonyl (C=O) groups is 1. The summed E-state index contributed by atoms with van der Waals surface area (Å²) in [7, 11) is -4.58. The van der Waals surface area contributed by atoms with Crippen LogP contribution in [0.15, 0.2) is 42.7 Å². The molecule has 6 nitrogen and oxygen atoms in total. The number of amides is 1. The molecule has 0 bridgehead atoms. The second-order valence-corrected chi connectivity index (χ2v) is 7.42. The average Bonchev–Trinajstić information content (AvgIpc) is 3.15. The van der Waals surface area contributed by atoms with E-state index in [1.807, 2.05) is 43.5 Å². The molecular weight excluding hydrogens is 333 g/mol. The quantitative estimate of drug-likeness (QED) is 0.773. The Hall–Kier alpha value is -2.22. The van der Waals surface area contributed by atoms with Crippen LogP contribution in [-0.2, 0) is 15.0 Å². The van der Waals surface area contributed by atoms with Gasteiger partial charge in [0.25, 0.3) is 0 Å². The Morgan fingerprint density at radius 1 is 1.33 bits per heavy atom. The number of nitrogens with zero attached hydrogens (tertiary/aromatic N) is 3. The third-order valence-electron chi connectivity index (χ3n) is 4.28. The molecule has 0 radical (unpaired) electrons. The molecule has 8 heteroatoms. The molecule has 2 unspecified atom stereocenters. The number of carbonyl (C=O) groups excluding carboxylic acids is 1. The van der Waals surface area contributed by atoms with Crippen molar-refractivity contribution in [2.24, 2.45) is 5.92 Å². The first kappa shape index (κ1) is 16.6. The minimum Gasteiger partial charge on any atom is -0.336 e. The molecule has 2 heterocycles. The fourth-order valence-electron chi connectivity index (χ4n) is 3.20. The van der Waals surface area contributed by atoms with E-state index >= 15 is 0 Å². The Balaban J connectivity index is 1.85. The van der Waals surface area contributed by atoms with Gasteiger partial charge in [-0.1, -0.05) is 18.2 Å². The lowest BCUT2D eigenvalue weighted by atomic mass is 10.0. The number of halogens is 1. The van der Waals surface area contributed by atoms with Crippen LogP contribution >= 0.6 is 0 Å². The van der Waals surface area contributed by atoms with Gasteiger partial charge < -0.3 is 4.90 Å². The highest BCUT2D eigenvalue weighted by atomic mass is 32.3. The smallest absolute Gasteiger partial charge is 0.302 e. The minimum absolute atomic E-state index is 0.0530. The largest absolute Gasteiger partial charge is 0.336 e. The lowest BCUT2D eigenvalue weighted by molar-refractivity contribution is -0.129. The normalized spacial score (nSPS) is 19.7. The monoisotopic (exact) mass is 351 g/mol. The highest BCUT2D eigenvalue weighted by Crippen LogP contribution is 2.32. The topological polar surface area (TPSA) is 72.3 Å². The summed E-state index contributed by atoms with van der Waals surface area (Å²) >= 11 is 0. The number of rotatable bonds is 5. The van der Waals surface area contributed by atoms with Crippen molar-refractivity contribution in [3.8, 4) is 5.69 Å². The van der Waals surface area contributed by atoms with Crippen LogP contribution in [0.25, 0.3) is 5.69 Å². The van der Waals surface area contributed by atoms with E-state index in [0.717, 1.165) is 11.3 Å². The molecule has 3 rings (SSSR count). The second-order valence-electron chi connectivity index (χ2n) is 6.01. The van der Waals surface area contributed by atoms with Gasteiger partial charge in [-0.2, -0.15) is 13.5 Å². The molecule has 2 atom stereocenters. The molecule has 0 saturated carbocycles. The van der Waals surface area contributed by atoms with Crippen molar-refractivity contribution in [2.45, 2.75) is 19.4 Å². The van der Waals surface area contributed by atoms with E-state index in [0.29, 0.717) is 0 Å². The summed E-state index contributed by atoms with van der Waals surface area (Å²) in [6.07, 6.45) is 3.54. The maximum atomic E-state index is 12.9. The van der Waals surface area contributed by atoms with Crippen LogP contribution in [0.5, 0.6) is 0 Å². The first-order valence-corrected chi connectivity index (χ1v) is 9.21. The van der Waals surface area contributed by atoms with E-state index in [2.05, 4.69) is 5.10 Å². The van der Waals surface area contributed by atoms with Crippen molar-refractivity contribution in [3.05, 3.63) is 48.3 Å². The number of hydrogen-bond acceptors (Lipinski definition) is 4. The van der Waals surface area contributed by atoms with Gasteiger partial charge in [-0.3, -0.25) is 4.79 Å². The molecule has 2 aromatic rings. The van der Waals surface area contributed by atoms with Gasteiger partial charge in [-0.05, 0) is 19.1 Å². The van der Waals surface area contributed by atoms with Crippen molar-refractivity contribution < 1.29 is 17.1 Å². The molecular formula is C16H18FN3O3S. The highest BCUT2D eigenvalue weighted by Gasteiger charge is 2.36. The third-order valence-corrected chi connectivity index (χ3v) is 5.15. The fourth-order valence-corrected chi connectivity index (χ4v) is 3.99. The Morgan fingerprint density at radius 2 is 2.08 bits per heavy atom. The first-order chi connectivity index (χ1) is 11.3. The minimum atomic E-state index is -4.58. The summed E-state index contributed by atoms with van der Waals surface area (Å²) in [6.45, 7) is 2.11. The van der Waals surface area contributed by atoms with Gasteiger partial charge in [0.05, 0.1) is 17.5 Å². The van der Waals surface area contributed by atoms with E-state index in [1.54, 1.807) is 15.8 Å². The van der Waals surface area contributed by atoms with Gasteiger partial charge in [-0.15, -0.1) is 3.89 Å². The zero-order valence-corrected chi connectivity index (χ0v) is 14.0. The lowest BCUT2D eigenvalue weighted by Gasteiger charge is -2.27. The van der Waals surface area contributed by atoms with Crippen LogP contribution in [0.3, 0.4) is 0 Å². The molecule has 128 valence electrons. The number of hydrogen-bond donors (Lipinski definition) is 0. The van der Waals surface area contributed by atoms with Crippen LogP contribution in [-0.4, -0.2) is 41.3 Å². The van der Waals surface area contributed by atoms with Crippen LogP contribution in [0.2, 0.25) is 0 Å². The van der Waals surface area contributed by atoms with E-state index in [4.69, 9.17) is 0 Å². The van der Waals surface area contributed by atoms with Crippen molar-refractivity contribution >= 4 is 16.1 Å². The molecule has 1 aromatic carbocycles. The molecule has 1 saturated heterocycles. The molecule has 0 N–H and O–H groups in total. The van der Waals surface area contributed by atoms with Crippen LogP contribution in [0.4, 0.5) is 3.89 Å². The predicted molar refractivity (Wildman–Crippen MR) is 86.7 cm³/mol. The fraction of sp³-hybridized carbons (Fsp3) is 0.375. The van der Waals surface area contributed by atoms with Crippen molar-refractivity contribution in [1.82, 2.24) is 14.7 Å². The molecule has 1 fully saturated rings. The zero-order valence-electron chi connectivity index (χ0n) is 13.2. The molecule has 0 aliphatic carbocycles. The van der Waals surface area contributed by atoms with E-state index < -0.39 is 21.9 Å². The molecule has 24 heavy (non-hydrogen) atoms. The van der Waals surface area contributed by atoms with Crippen molar-refractivity contribution in [3.63, 3.8) is 0 Å². The number of aromatic nitrogens is 2. The molecule has 0 spiro atoms. The molecule has 1 amide bonds. The summed E-state index contributed by atoms with van der Waals surface area (Å²) in [5, 5.41) is 4.22. The number of para-hydroxylation sites is 1. The molecule has 1 aliphatic heterocycles.